The van der Waals surface area contributed by atoms with Crippen LogP contribution in [0.15, 0.2) is 158 Å². The highest BCUT2D eigenvalue weighted by Gasteiger charge is 2.29. The summed E-state index contributed by atoms with van der Waals surface area (Å²) in [6.07, 6.45) is 78.6. The number of hydrogen-bond acceptors (Lipinski definition) is 14. The molecule has 0 aromatic heterocycles. The zero-order chi connectivity index (χ0) is 66.7. The highest BCUT2D eigenvalue weighted by molar-refractivity contribution is 7.47. The quantitative estimate of drug-likeness (QED) is 0.0146. The number of carbonyl (C=O) groups excluding carboxylic acids is 3. The number of hydrogen-bond donors (Lipinski definition) is 4. The molecular formula is C73H118O16P2. The summed E-state index contributed by atoms with van der Waals surface area (Å²) in [6.45, 7) is 2.21. The van der Waals surface area contributed by atoms with E-state index < -0.39 is 91.5 Å². The summed E-state index contributed by atoms with van der Waals surface area (Å²) < 4.78 is 60.8. The molecule has 0 spiro atoms. The fourth-order valence-electron chi connectivity index (χ4n) is 8.16. The van der Waals surface area contributed by atoms with Gasteiger partial charge in [0.1, 0.15) is 25.4 Å². The molecule has 0 aromatic rings. The monoisotopic (exact) mass is 1310 g/mol. The first-order valence-electron chi connectivity index (χ1n) is 33.8. The van der Waals surface area contributed by atoms with Gasteiger partial charge in [0.05, 0.1) is 26.4 Å². The number of allylic oxidation sites excluding steroid dienone is 26. The summed E-state index contributed by atoms with van der Waals surface area (Å²) in [7, 11) is -9.81. The van der Waals surface area contributed by atoms with Crippen molar-refractivity contribution in [2.45, 2.75) is 245 Å². The second-order valence-corrected chi connectivity index (χ2v) is 24.7. The summed E-state index contributed by atoms with van der Waals surface area (Å²) in [6, 6.07) is 0. The lowest BCUT2D eigenvalue weighted by Crippen LogP contribution is -2.30. The van der Waals surface area contributed by atoms with Gasteiger partial charge in [-0.2, -0.15) is 0 Å². The van der Waals surface area contributed by atoms with Crippen LogP contribution in [-0.4, -0.2) is 95.9 Å². The summed E-state index contributed by atoms with van der Waals surface area (Å²) in [5.41, 5.74) is 0. The fraction of sp³-hybridized carbons (Fsp3) is 0.603. The van der Waals surface area contributed by atoms with Gasteiger partial charge in [-0.1, -0.05) is 224 Å². The maximum absolute atomic E-state index is 12.9. The van der Waals surface area contributed by atoms with Crippen molar-refractivity contribution in [3.05, 3.63) is 158 Å². The van der Waals surface area contributed by atoms with E-state index in [1.165, 1.54) is 0 Å². The number of ether oxygens (including phenoxy) is 3. The van der Waals surface area contributed by atoms with Crippen LogP contribution in [0.4, 0.5) is 0 Å². The smallest absolute Gasteiger partial charge is 0.463 e. The SMILES string of the molecule is CC/C=C\C/C=C\C/C=C\C/C=C\C/C=C\CCCCCCCC(=O)OCC(O)COP(=O)(O)OCC(O)COP(=O)(O)OCC(COC(=O)CCCCC/C=C\C/C=C\C/C=C\C/C=C\C/C=C\CC)OC(=O)CCCCCCC/C=C\C/C=C\C/C=C\CC. The van der Waals surface area contributed by atoms with Crippen LogP contribution in [0.3, 0.4) is 0 Å². The highest BCUT2D eigenvalue weighted by atomic mass is 31.2. The molecule has 0 rings (SSSR count). The maximum atomic E-state index is 12.9. The first kappa shape index (κ1) is 86.2. The van der Waals surface area contributed by atoms with Crippen LogP contribution in [-0.2, 0) is 55.8 Å². The molecular weight excluding hydrogens is 1190 g/mol. The molecule has 4 N–H and O–H groups in total. The Morgan fingerprint density at radius 3 is 0.879 bits per heavy atom. The molecule has 0 aliphatic carbocycles. The van der Waals surface area contributed by atoms with Gasteiger partial charge in [0.15, 0.2) is 6.10 Å². The average molecular weight is 1310 g/mol. The van der Waals surface area contributed by atoms with Gasteiger partial charge in [0.2, 0.25) is 0 Å². The second-order valence-electron chi connectivity index (χ2n) is 21.8. The molecule has 91 heavy (non-hydrogen) atoms. The lowest BCUT2D eigenvalue weighted by Gasteiger charge is -2.21. The fourth-order valence-corrected chi connectivity index (χ4v) is 9.75. The molecule has 0 heterocycles. The normalized spacial score (nSPS) is 15.2. The third-order valence-corrected chi connectivity index (χ3v) is 15.1. The van der Waals surface area contributed by atoms with Crippen LogP contribution < -0.4 is 0 Å². The van der Waals surface area contributed by atoms with Gasteiger partial charge >= 0.3 is 33.6 Å². The Bertz CT molecular complexity index is 2290. The van der Waals surface area contributed by atoms with E-state index in [1.54, 1.807) is 0 Å². The number of phosphoric ester groups is 2. The van der Waals surface area contributed by atoms with Crippen LogP contribution in [0.5, 0.6) is 0 Å². The minimum atomic E-state index is -4.95. The number of esters is 3. The largest absolute Gasteiger partial charge is 0.472 e. The summed E-state index contributed by atoms with van der Waals surface area (Å²) in [5, 5.41) is 20.5. The summed E-state index contributed by atoms with van der Waals surface area (Å²) in [5.74, 6) is -1.66. The number of phosphoric acid groups is 2. The molecule has 5 atom stereocenters. The Labute approximate surface area is 549 Å². The Hall–Kier alpha value is -4.83. The molecule has 18 heteroatoms. The van der Waals surface area contributed by atoms with E-state index in [4.69, 9.17) is 32.3 Å². The Kier molecular flexibility index (Phi) is 61.8. The molecule has 0 fully saturated rings. The van der Waals surface area contributed by atoms with Crippen molar-refractivity contribution < 1.29 is 75.8 Å². The predicted molar refractivity (Wildman–Crippen MR) is 371 cm³/mol. The van der Waals surface area contributed by atoms with Crippen molar-refractivity contribution >= 4 is 33.6 Å². The van der Waals surface area contributed by atoms with Crippen LogP contribution in [0.2, 0.25) is 0 Å². The molecule has 0 aromatic carbocycles. The zero-order valence-electron chi connectivity index (χ0n) is 55.7. The van der Waals surface area contributed by atoms with Gasteiger partial charge in [0.25, 0.3) is 0 Å². The molecule has 0 radical (unpaired) electrons. The van der Waals surface area contributed by atoms with Gasteiger partial charge in [-0.3, -0.25) is 32.5 Å². The first-order valence-corrected chi connectivity index (χ1v) is 36.8. The minimum Gasteiger partial charge on any atom is -0.463 e. The molecule has 0 bridgehead atoms. The molecule has 516 valence electrons. The Morgan fingerprint density at radius 2 is 0.549 bits per heavy atom. The maximum Gasteiger partial charge on any atom is 0.472 e. The van der Waals surface area contributed by atoms with Crippen molar-refractivity contribution in [1.29, 1.82) is 0 Å². The molecule has 0 saturated carbocycles. The predicted octanol–water partition coefficient (Wildman–Crippen LogP) is 18.7. The van der Waals surface area contributed by atoms with Crippen LogP contribution >= 0.6 is 15.6 Å². The molecule has 5 unspecified atom stereocenters. The lowest BCUT2D eigenvalue weighted by atomic mass is 10.1. The van der Waals surface area contributed by atoms with Gasteiger partial charge in [0, 0.05) is 19.3 Å². The topological polar surface area (TPSA) is 231 Å². The average Bonchev–Trinajstić information content (AvgIpc) is 3.09. The van der Waals surface area contributed by atoms with Crippen molar-refractivity contribution in [2.24, 2.45) is 0 Å². The molecule has 0 aliphatic heterocycles. The van der Waals surface area contributed by atoms with Gasteiger partial charge < -0.3 is 34.2 Å². The Balaban J connectivity index is 4.75. The highest BCUT2D eigenvalue weighted by Crippen LogP contribution is 2.45. The third kappa shape index (κ3) is 66.4. The lowest BCUT2D eigenvalue weighted by molar-refractivity contribution is -0.161. The Morgan fingerprint density at radius 1 is 0.308 bits per heavy atom. The summed E-state index contributed by atoms with van der Waals surface area (Å²) in [4.78, 5) is 58.4. The van der Waals surface area contributed by atoms with Crippen molar-refractivity contribution in [3.63, 3.8) is 0 Å². The molecule has 16 nitrogen and oxygen atoms in total. The van der Waals surface area contributed by atoms with Gasteiger partial charge in [-0.25, -0.2) is 9.13 Å². The zero-order valence-corrected chi connectivity index (χ0v) is 57.5. The van der Waals surface area contributed by atoms with Gasteiger partial charge in [-0.15, -0.1) is 0 Å². The number of rotatable bonds is 62. The standard InChI is InChI=1S/C73H118O16P2/c1-4-7-10-13-16-19-22-25-28-30-32-33-35-37-39-41-44-47-50-53-56-59-71(76)83-62-68(74)63-85-90(79,80)86-64-69(75)65-87-91(81,82)88-67-70(89-73(78)61-58-55-52-49-46-43-38-27-24-21-18-15-12-9-6-3)66-84-72(77)60-57-54-51-48-45-42-40-36-34-31-29-26-23-20-17-14-11-8-5-2/h7-12,16-21,25-29,32-34,36-39,42,45,68-70,74-75H,4-6,13-15,22-24,30-31,35,40-41,43-44,46-67H2,1-3H3,(H,79,80)(H,81,82)/b10-7-,11-8-,12-9-,19-16-,20-17-,21-18-,28-25-,29-26-,33-32-,36-34-,38-27-,39-37-,45-42-. The van der Waals surface area contributed by atoms with E-state index >= 15 is 0 Å². The minimum absolute atomic E-state index is 0.0708. The van der Waals surface area contributed by atoms with Gasteiger partial charge in [-0.05, 0) is 141 Å². The first-order chi connectivity index (χ1) is 44.2. The van der Waals surface area contributed by atoms with Crippen molar-refractivity contribution in [2.75, 3.05) is 39.6 Å². The van der Waals surface area contributed by atoms with E-state index in [9.17, 15) is 43.5 Å². The number of aliphatic hydroxyl groups is 2. The summed E-state index contributed by atoms with van der Waals surface area (Å²) >= 11 is 0. The third-order valence-electron chi connectivity index (χ3n) is 13.2. The number of aliphatic hydroxyl groups excluding tert-OH is 2. The van der Waals surface area contributed by atoms with E-state index in [1.807, 2.05) is 0 Å². The van der Waals surface area contributed by atoms with E-state index in [0.29, 0.717) is 19.3 Å². The molecule has 0 saturated heterocycles. The second kappa shape index (κ2) is 65.2. The van der Waals surface area contributed by atoms with E-state index in [0.717, 1.165) is 167 Å². The van der Waals surface area contributed by atoms with E-state index in [-0.39, 0.29) is 19.3 Å². The van der Waals surface area contributed by atoms with Crippen LogP contribution in [0, 0.1) is 0 Å². The van der Waals surface area contributed by atoms with E-state index in [2.05, 4.69) is 179 Å². The number of unbranched alkanes of at least 4 members (excludes halogenated alkanes) is 13. The number of carbonyl (C=O) groups is 3. The molecule has 0 amide bonds. The van der Waals surface area contributed by atoms with Crippen LogP contribution in [0.25, 0.3) is 0 Å². The van der Waals surface area contributed by atoms with Crippen LogP contribution in [0.1, 0.15) is 226 Å². The molecule has 0 aliphatic rings. The van der Waals surface area contributed by atoms with Crippen molar-refractivity contribution in [3.8, 4) is 0 Å². The van der Waals surface area contributed by atoms with Crippen molar-refractivity contribution in [1.82, 2.24) is 0 Å².